The van der Waals surface area contributed by atoms with Crippen LogP contribution in [-0.2, 0) is 0 Å². The van der Waals surface area contributed by atoms with Gasteiger partial charge in [0.05, 0.1) is 24.6 Å². The summed E-state index contributed by atoms with van der Waals surface area (Å²) in [5.74, 6) is 0.734. The molecule has 2 amide bonds. The number of nitrogens with zero attached hydrogens (tertiary/aromatic N) is 2. The Morgan fingerprint density at radius 1 is 0.531 bits per heavy atom. The average Bonchev–Trinajstić information content (AvgIpc) is 3.12. The summed E-state index contributed by atoms with van der Waals surface area (Å²) in [6.07, 6.45) is 20.2. The van der Waals surface area contributed by atoms with Crippen molar-refractivity contribution >= 4 is 23.2 Å². The number of ether oxygens (including phenoxy) is 2. The van der Waals surface area contributed by atoms with E-state index in [-0.39, 0.29) is 0 Å². The van der Waals surface area contributed by atoms with Crippen LogP contribution in [0.25, 0.3) is 0 Å². The van der Waals surface area contributed by atoms with Gasteiger partial charge in [-0.05, 0) is 92.1 Å². The number of amides is 2. The largest absolute Gasteiger partial charge is 0.494 e. The molecular formula is C41H58N4O4. The highest BCUT2D eigenvalue weighted by Crippen LogP contribution is 2.26. The molecule has 0 atom stereocenters. The van der Waals surface area contributed by atoms with Gasteiger partial charge < -0.3 is 9.47 Å². The molecule has 0 spiro atoms. The number of nitrogens with one attached hydrogen (secondary N) is 2. The molecule has 0 unspecified atom stereocenters. The Balaban J connectivity index is 1.33. The van der Waals surface area contributed by atoms with Crippen molar-refractivity contribution in [2.45, 2.75) is 124 Å². The van der Waals surface area contributed by atoms with Crippen LogP contribution in [0.2, 0.25) is 0 Å². The minimum Gasteiger partial charge on any atom is -0.494 e. The Hall–Kier alpha value is -4.20. The van der Waals surface area contributed by atoms with Crippen LogP contribution in [0, 0.1) is 6.92 Å². The molecule has 0 fully saturated rings. The normalized spacial score (nSPS) is 11.1. The highest BCUT2D eigenvalue weighted by molar-refractivity contribution is 5.99. The number of azo groups is 1. The van der Waals surface area contributed by atoms with Gasteiger partial charge in [-0.15, -0.1) is 0 Å². The fourth-order valence-electron chi connectivity index (χ4n) is 5.43. The van der Waals surface area contributed by atoms with E-state index in [1.54, 1.807) is 48.5 Å². The maximum absolute atomic E-state index is 12.6. The second-order valence-electron chi connectivity index (χ2n) is 12.8. The Bertz CT molecular complexity index is 1390. The summed E-state index contributed by atoms with van der Waals surface area (Å²) in [6.45, 7) is 7.86. The van der Waals surface area contributed by atoms with Crippen LogP contribution in [-0.4, -0.2) is 25.0 Å². The predicted octanol–water partition coefficient (Wildman–Crippen LogP) is 11.5. The molecule has 3 rings (SSSR count). The van der Waals surface area contributed by atoms with Crippen molar-refractivity contribution in [1.29, 1.82) is 0 Å². The highest BCUT2D eigenvalue weighted by Gasteiger charge is 2.10. The van der Waals surface area contributed by atoms with Crippen molar-refractivity contribution < 1.29 is 19.1 Å². The van der Waals surface area contributed by atoms with Crippen LogP contribution in [0.15, 0.2) is 77.0 Å². The molecule has 0 aliphatic carbocycles. The maximum atomic E-state index is 12.6. The summed E-state index contributed by atoms with van der Waals surface area (Å²) in [4.78, 5) is 25.2. The Morgan fingerprint density at radius 3 is 1.45 bits per heavy atom. The predicted molar refractivity (Wildman–Crippen MR) is 199 cm³/mol. The van der Waals surface area contributed by atoms with Gasteiger partial charge in [0.25, 0.3) is 11.8 Å². The van der Waals surface area contributed by atoms with E-state index in [0.29, 0.717) is 23.4 Å². The highest BCUT2D eigenvalue weighted by atomic mass is 16.5. The molecule has 0 bridgehead atoms. The van der Waals surface area contributed by atoms with Crippen molar-refractivity contribution in [3.63, 3.8) is 0 Å². The number of hydrogen-bond acceptors (Lipinski definition) is 6. The molecule has 0 saturated heterocycles. The molecule has 0 saturated carbocycles. The zero-order chi connectivity index (χ0) is 34.9. The standard InChI is InChI=1S/C41H58N4O4/c1-4-6-8-10-12-14-16-18-30-48-37-26-22-35(23-27-37)41(47)45-44-40(46)34-20-24-36(25-21-34)42-43-39-29-28-38(32-33(39)3)49-31-19-17-15-13-11-9-7-5-2/h20-29,32H,4-19,30-31H2,1-3H3,(H,44,46)(H,45,47). The topological polar surface area (TPSA) is 101 Å². The Morgan fingerprint density at radius 2 is 0.959 bits per heavy atom. The van der Waals surface area contributed by atoms with Crippen molar-refractivity contribution in [1.82, 2.24) is 10.9 Å². The Labute approximate surface area is 294 Å². The lowest BCUT2D eigenvalue weighted by atomic mass is 10.1. The number of benzene rings is 3. The first-order valence-corrected chi connectivity index (χ1v) is 18.6. The molecule has 0 aromatic heterocycles. The molecule has 3 aromatic carbocycles. The molecule has 8 nitrogen and oxygen atoms in total. The third kappa shape index (κ3) is 16.2. The lowest BCUT2D eigenvalue weighted by Gasteiger charge is -2.09. The van der Waals surface area contributed by atoms with Gasteiger partial charge >= 0.3 is 0 Å². The lowest BCUT2D eigenvalue weighted by molar-refractivity contribution is 0.0846. The van der Waals surface area contributed by atoms with Crippen molar-refractivity contribution in [3.05, 3.63) is 83.4 Å². The van der Waals surface area contributed by atoms with E-state index in [1.807, 2.05) is 25.1 Å². The molecule has 0 aliphatic heterocycles. The average molecular weight is 671 g/mol. The number of carbonyl (C=O) groups excluding carboxylic acids is 2. The second-order valence-corrected chi connectivity index (χ2v) is 12.8. The summed E-state index contributed by atoms with van der Waals surface area (Å²) in [7, 11) is 0. The molecule has 0 aliphatic rings. The number of unbranched alkanes of at least 4 members (excludes halogenated alkanes) is 14. The van der Waals surface area contributed by atoms with Crippen molar-refractivity contribution in [3.8, 4) is 11.5 Å². The van der Waals surface area contributed by atoms with Crippen LogP contribution in [0.1, 0.15) is 143 Å². The third-order valence-electron chi connectivity index (χ3n) is 8.51. The summed E-state index contributed by atoms with van der Waals surface area (Å²) < 4.78 is 11.8. The smallest absolute Gasteiger partial charge is 0.269 e. The first-order chi connectivity index (χ1) is 24.0. The molecule has 3 aromatic rings. The minimum atomic E-state index is -0.430. The lowest BCUT2D eigenvalue weighted by Crippen LogP contribution is -2.41. The number of rotatable bonds is 24. The number of hydrogen-bond donors (Lipinski definition) is 2. The van der Waals surface area contributed by atoms with Gasteiger partial charge in [-0.25, -0.2) is 0 Å². The van der Waals surface area contributed by atoms with E-state index >= 15 is 0 Å². The fourth-order valence-corrected chi connectivity index (χ4v) is 5.43. The van der Waals surface area contributed by atoms with Gasteiger partial charge in [-0.2, -0.15) is 10.2 Å². The molecule has 0 radical (unpaired) electrons. The first kappa shape index (κ1) is 39.2. The number of aryl methyl sites for hydroxylation is 1. The molecule has 266 valence electrons. The van der Waals surface area contributed by atoms with Gasteiger partial charge in [-0.3, -0.25) is 20.4 Å². The SMILES string of the molecule is CCCCCCCCCCOc1ccc(C(=O)NNC(=O)c2ccc(N=Nc3ccc(OCCCCCCCCCC)cc3C)cc2)cc1. The van der Waals surface area contributed by atoms with Gasteiger partial charge in [0.2, 0.25) is 0 Å². The molecule has 0 heterocycles. The number of carbonyl (C=O) groups is 2. The van der Waals surface area contributed by atoms with Crippen molar-refractivity contribution in [2.24, 2.45) is 10.2 Å². The summed E-state index contributed by atoms with van der Waals surface area (Å²) in [5.41, 5.74) is 8.10. The van der Waals surface area contributed by atoms with Gasteiger partial charge in [0, 0.05) is 11.1 Å². The van der Waals surface area contributed by atoms with Crippen LogP contribution >= 0.6 is 0 Å². The molecule has 49 heavy (non-hydrogen) atoms. The summed E-state index contributed by atoms with van der Waals surface area (Å²) >= 11 is 0. The minimum absolute atomic E-state index is 0.387. The van der Waals surface area contributed by atoms with E-state index in [4.69, 9.17) is 9.47 Å². The molecule has 2 N–H and O–H groups in total. The monoisotopic (exact) mass is 670 g/mol. The van der Waals surface area contributed by atoms with Gasteiger partial charge in [0.15, 0.2) is 0 Å². The van der Waals surface area contributed by atoms with E-state index in [0.717, 1.165) is 42.2 Å². The van der Waals surface area contributed by atoms with E-state index in [1.165, 1.54) is 89.9 Å². The second kappa shape index (κ2) is 24.0. The van der Waals surface area contributed by atoms with Crippen LogP contribution < -0.4 is 20.3 Å². The van der Waals surface area contributed by atoms with Gasteiger partial charge in [0.1, 0.15) is 11.5 Å². The van der Waals surface area contributed by atoms with E-state index < -0.39 is 11.8 Å². The quantitative estimate of drug-likeness (QED) is 0.0562. The van der Waals surface area contributed by atoms with Crippen LogP contribution in [0.3, 0.4) is 0 Å². The van der Waals surface area contributed by atoms with Crippen LogP contribution in [0.5, 0.6) is 11.5 Å². The van der Waals surface area contributed by atoms with Crippen molar-refractivity contribution in [2.75, 3.05) is 13.2 Å². The molecule has 8 heteroatoms. The number of hydrazine groups is 1. The van der Waals surface area contributed by atoms with E-state index in [2.05, 4.69) is 34.9 Å². The van der Waals surface area contributed by atoms with Gasteiger partial charge in [-0.1, -0.05) is 104 Å². The first-order valence-electron chi connectivity index (χ1n) is 18.6. The zero-order valence-corrected chi connectivity index (χ0v) is 30.1. The third-order valence-corrected chi connectivity index (χ3v) is 8.51. The molecular weight excluding hydrogens is 612 g/mol. The maximum Gasteiger partial charge on any atom is 0.269 e. The summed E-state index contributed by atoms with van der Waals surface area (Å²) in [5, 5.41) is 8.71. The van der Waals surface area contributed by atoms with E-state index in [9.17, 15) is 9.59 Å². The fraction of sp³-hybridized carbons (Fsp3) is 0.512. The zero-order valence-electron chi connectivity index (χ0n) is 30.1. The summed E-state index contributed by atoms with van der Waals surface area (Å²) in [6, 6.07) is 19.4. The Kier molecular flexibility index (Phi) is 19.2. The van der Waals surface area contributed by atoms with Crippen LogP contribution in [0.4, 0.5) is 11.4 Å².